The molecule has 2 aromatic rings. The quantitative estimate of drug-likeness (QED) is 0.772. The van der Waals surface area contributed by atoms with Gasteiger partial charge >= 0.3 is 0 Å². The Morgan fingerprint density at radius 3 is 2.56 bits per heavy atom. The van der Waals surface area contributed by atoms with Crippen LogP contribution in [-0.2, 0) is 4.79 Å². The highest BCUT2D eigenvalue weighted by molar-refractivity contribution is 5.92. The van der Waals surface area contributed by atoms with Gasteiger partial charge in [0, 0.05) is 12.6 Å². The van der Waals surface area contributed by atoms with Gasteiger partial charge in [0.05, 0.1) is 20.3 Å². The first-order valence-corrected chi connectivity index (χ1v) is 8.48. The molecule has 4 nitrogen and oxygen atoms in total. The average Bonchev–Trinajstić information content (AvgIpc) is 3.16. The van der Waals surface area contributed by atoms with Gasteiger partial charge in [-0.1, -0.05) is 24.3 Å². The SMILES string of the molecule is COc1ccc([C@H]2CCCN2C(=O)/C=C/c2cccc(OC)c2)cc1. The topological polar surface area (TPSA) is 38.8 Å². The molecule has 2 aromatic carbocycles. The predicted molar refractivity (Wildman–Crippen MR) is 98.7 cm³/mol. The zero-order chi connectivity index (χ0) is 17.6. The van der Waals surface area contributed by atoms with Crippen LogP contribution in [0.1, 0.15) is 30.0 Å². The van der Waals surface area contributed by atoms with E-state index in [2.05, 4.69) is 0 Å². The molecule has 1 atom stereocenters. The first-order chi connectivity index (χ1) is 12.2. The number of carbonyl (C=O) groups excluding carboxylic acids is 1. The second-order valence-corrected chi connectivity index (χ2v) is 6.07. The molecule has 0 aliphatic carbocycles. The first kappa shape index (κ1) is 17.1. The van der Waals surface area contributed by atoms with Crippen molar-refractivity contribution >= 4 is 12.0 Å². The van der Waals surface area contributed by atoms with E-state index >= 15 is 0 Å². The van der Waals surface area contributed by atoms with Gasteiger partial charge in [-0.05, 0) is 54.3 Å². The summed E-state index contributed by atoms with van der Waals surface area (Å²) in [5, 5.41) is 0. The summed E-state index contributed by atoms with van der Waals surface area (Å²) in [7, 11) is 3.29. The highest BCUT2D eigenvalue weighted by atomic mass is 16.5. The molecule has 1 fully saturated rings. The zero-order valence-corrected chi connectivity index (χ0v) is 14.6. The maximum atomic E-state index is 12.7. The minimum atomic E-state index is 0.0427. The third-order valence-corrected chi connectivity index (χ3v) is 4.55. The van der Waals surface area contributed by atoms with Crippen LogP contribution in [0.2, 0.25) is 0 Å². The lowest BCUT2D eigenvalue weighted by Crippen LogP contribution is -2.28. The van der Waals surface area contributed by atoms with Crippen molar-refractivity contribution in [3.63, 3.8) is 0 Å². The van der Waals surface area contributed by atoms with E-state index in [1.807, 2.05) is 59.5 Å². The number of likely N-dealkylation sites (tertiary alicyclic amines) is 1. The number of hydrogen-bond donors (Lipinski definition) is 0. The highest BCUT2D eigenvalue weighted by Crippen LogP contribution is 2.33. The number of rotatable bonds is 5. The lowest BCUT2D eigenvalue weighted by molar-refractivity contribution is -0.126. The molecule has 0 bridgehead atoms. The molecule has 0 saturated carbocycles. The van der Waals surface area contributed by atoms with E-state index in [0.29, 0.717) is 0 Å². The number of carbonyl (C=O) groups is 1. The van der Waals surface area contributed by atoms with Crippen molar-refractivity contribution in [2.75, 3.05) is 20.8 Å². The molecular weight excluding hydrogens is 314 g/mol. The van der Waals surface area contributed by atoms with Gasteiger partial charge in [-0.2, -0.15) is 0 Å². The summed E-state index contributed by atoms with van der Waals surface area (Å²) in [5.41, 5.74) is 2.11. The van der Waals surface area contributed by atoms with Crippen molar-refractivity contribution < 1.29 is 14.3 Å². The maximum absolute atomic E-state index is 12.7. The highest BCUT2D eigenvalue weighted by Gasteiger charge is 2.28. The number of hydrogen-bond acceptors (Lipinski definition) is 3. The molecule has 1 saturated heterocycles. The third kappa shape index (κ3) is 4.02. The Hall–Kier alpha value is -2.75. The smallest absolute Gasteiger partial charge is 0.247 e. The fourth-order valence-electron chi connectivity index (χ4n) is 3.21. The summed E-state index contributed by atoms with van der Waals surface area (Å²) < 4.78 is 10.4. The summed E-state index contributed by atoms with van der Waals surface area (Å²) in [6.45, 7) is 0.790. The van der Waals surface area contributed by atoms with Gasteiger partial charge in [0.25, 0.3) is 0 Å². The van der Waals surface area contributed by atoms with E-state index in [9.17, 15) is 4.79 Å². The fourth-order valence-corrected chi connectivity index (χ4v) is 3.21. The van der Waals surface area contributed by atoms with Crippen LogP contribution in [-0.4, -0.2) is 31.6 Å². The summed E-state index contributed by atoms with van der Waals surface area (Å²) in [4.78, 5) is 14.6. The van der Waals surface area contributed by atoms with Gasteiger partial charge in [0.1, 0.15) is 11.5 Å². The van der Waals surface area contributed by atoms with E-state index in [1.54, 1.807) is 20.3 Å². The molecule has 0 unspecified atom stereocenters. The normalized spacial score (nSPS) is 17.0. The minimum absolute atomic E-state index is 0.0427. The van der Waals surface area contributed by atoms with E-state index in [-0.39, 0.29) is 11.9 Å². The van der Waals surface area contributed by atoms with Crippen molar-refractivity contribution in [2.24, 2.45) is 0 Å². The number of benzene rings is 2. The molecule has 0 spiro atoms. The molecule has 0 aromatic heterocycles. The van der Waals surface area contributed by atoms with Crippen LogP contribution in [0, 0.1) is 0 Å². The average molecular weight is 337 g/mol. The Kier molecular flexibility index (Phi) is 5.39. The first-order valence-electron chi connectivity index (χ1n) is 8.48. The van der Waals surface area contributed by atoms with E-state index < -0.39 is 0 Å². The van der Waals surface area contributed by atoms with Gasteiger partial charge in [-0.15, -0.1) is 0 Å². The standard InChI is InChI=1S/C21H23NO3/c1-24-18-11-9-17(10-12-18)20-7-4-14-22(20)21(23)13-8-16-5-3-6-19(15-16)25-2/h3,5-6,8-13,15,20H,4,7,14H2,1-2H3/b13-8+/t20-/m1/s1. The molecule has 1 aliphatic heterocycles. The van der Waals surface area contributed by atoms with Crippen molar-refractivity contribution in [1.29, 1.82) is 0 Å². The Morgan fingerprint density at radius 1 is 1.08 bits per heavy atom. The van der Waals surface area contributed by atoms with Crippen molar-refractivity contribution in [3.05, 3.63) is 65.7 Å². The third-order valence-electron chi connectivity index (χ3n) is 4.55. The molecule has 130 valence electrons. The van der Waals surface area contributed by atoms with Gasteiger partial charge < -0.3 is 14.4 Å². The maximum Gasteiger partial charge on any atom is 0.247 e. The van der Waals surface area contributed by atoms with Crippen LogP contribution < -0.4 is 9.47 Å². The van der Waals surface area contributed by atoms with Gasteiger partial charge in [0.15, 0.2) is 0 Å². The van der Waals surface area contributed by atoms with E-state index in [0.717, 1.165) is 42.0 Å². The van der Waals surface area contributed by atoms with E-state index in [1.165, 1.54) is 0 Å². The fraction of sp³-hybridized carbons (Fsp3) is 0.286. The van der Waals surface area contributed by atoms with Gasteiger partial charge in [0.2, 0.25) is 5.91 Å². The molecule has 1 aliphatic rings. The molecular formula is C21H23NO3. The number of methoxy groups -OCH3 is 2. The summed E-state index contributed by atoms with van der Waals surface area (Å²) >= 11 is 0. The number of ether oxygens (including phenoxy) is 2. The Bertz CT molecular complexity index is 752. The van der Waals surface area contributed by atoms with Crippen molar-refractivity contribution in [1.82, 2.24) is 4.90 Å². The van der Waals surface area contributed by atoms with Crippen molar-refractivity contribution in [2.45, 2.75) is 18.9 Å². The van der Waals surface area contributed by atoms with E-state index in [4.69, 9.17) is 9.47 Å². The largest absolute Gasteiger partial charge is 0.497 e. The van der Waals surface area contributed by atoms with Crippen LogP contribution in [0.4, 0.5) is 0 Å². The number of amides is 1. The van der Waals surface area contributed by atoms with Crippen LogP contribution in [0.3, 0.4) is 0 Å². The molecule has 25 heavy (non-hydrogen) atoms. The van der Waals surface area contributed by atoms with Crippen molar-refractivity contribution in [3.8, 4) is 11.5 Å². The van der Waals surface area contributed by atoms with Crippen LogP contribution >= 0.6 is 0 Å². The minimum Gasteiger partial charge on any atom is -0.497 e. The Morgan fingerprint density at radius 2 is 1.84 bits per heavy atom. The van der Waals surface area contributed by atoms with Gasteiger partial charge in [-0.3, -0.25) is 4.79 Å². The second kappa shape index (κ2) is 7.88. The molecule has 3 rings (SSSR count). The molecule has 1 amide bonds. The van der Waals surface area contributed by atoms with Crippen LogP contribution in [0.25, 0.3) is 6.08 Å². The molecule has 0 radical (unpaired) electrons. The van der Waals surface area contributed by atoms with Crippen LogP contribution in [0.5, 0.6) is 11.5 Å². The summed E-state index contributed by atoms with van der Waals surface area (Å²) in [5.74, 6) is 1.66. The second-order valence-electron chi connectivity index (χ2n) is 6.07. The van der Waals surface area contributed by atoms with Gasteiger partial charge in [-0.25, -0.2) is 0 Å². The summed E-state index contributed by atoms with van der Waals surface area (Å²) in [6, 6.07) is 15.8. The Balaban J connectivity index is 1.72. The molecule has 1 heterocycles. The number of nitrogens with zero attached hydrogens (tertiary/aromatic N) is 1. The van der Waals surface area contributed by atoms with Crippen LogP contribution in [0.15, 0.2) is 54.6 Å². The molecule has 4 heteroatoms. The Labute approximate surface area is 148 Å². The molecule has 0 N–H and O–H groups in total. The lowest BCUT2D eigenvalue weighted by atomic mass is 10.0. The predicted octanol–water partition coefficient (Wildman–Crippen LogP) is 4.08. The monoisotopic (exact) mass is 337 g/mol. The summed E-state index contributed by atoms with van der Waals surface area (Å²) in [6.07, 6.45) is 5.51. The zero-order valence-electron chi connectivity index (χ0n) is 14.6. The lowest BCUT2D eigenvalue weighted by Gasteiger charge is -2.24.